The van der Waals surface area contributed by atoms with Gasteiger partial charge in [0.1, 0.15) is 23.8 Å². The summed E-state index contributed by atoms with van der Waals surface area (Å²) in [5.41, 5.74) is 1.07. The fourth-order valence-corrected chi connectivity index (χ4v) is 3.34. The van der Waals surface area contributed by atoms with Gasteiger partial charge in [-0.2, -0.15) is 0 Å². The van der Waals surface area contributed by atoms with Gasteiger partial charge in [0.2, 0.25) is 11.6 Å². The van der Waals surface area contributed by atoms with Crippen molar-refractivity contribution in [1.29, 1.82) is 0 Å². The van der Waals surface area contributed by atoms with Gasteiger partial charge in [0.25, 0.3) is 5.88 Å². The molecule has 4 rings (SSSR count). The van der Waals surface area contributed by atoms with Crippen molar-refractivity contribution in [3.05, 3.63) is 69.9 Å². The van der Waals surface area contributed by atoms with Gasteiger partial charge < -0.3 is 19.5 Å². The van der Waals surface area contributed by atoms with E-state index in [1.54, 1.807) is 18.2 Å². The van der Waals surface area contributed by atoms with E-state index in [1.807, 2.05) is 19.1 Å². The van der Waals surface area contributed by atoms with Gasteiger partial charge in [-0.25, -0.2) is 18.9 Å². The number of halogens is 1. The van der Waals surface area contributed by atoms with Gasteiger partial charge in [-0.15, -0.1) is 5.10 Å². The largest absolute Gasteiger partial charge is 0.495 e. The van der Waals surface area contributed by atoms with Crippen molar-refractivity contribution in [1.82, 2.24) is 19.2 Å². The minimum atomic E-state index is -0.518. The van der Waals surface area contributed by atoms with Gasteiger partial charge in [-0.05, 0) is 25.1 Å². The SMILES string of the molecule is COc1cc(OC)c(NC(=O)Cn2nc3c(Oc4ccc(C)cc4)nccn3c2=O)cc1Cl. The molecule has 33 heavy (non-hydrogen) atoms. The average molecular weight is 470 g/mol. The Kier molecular flexibility index (Phi) is 6.18. The molecular formula is C22H20ClN5O5. The van der Waals surface area contributed by atoms with Crippen LogP contribution in [0.25, 0.3) is 5.65 Å². The van der Waals surface area contributed by atoms with Crippen LogP contribution in [0.2, 0.25) is 5.02 Å². The summed E-state index contributed by atoms with van der Waals surface area (Å²) < 4.78 is 18.5. The molecule has 0 saturated carbocycles. The number of methoxy groups -OCH3 is 2. The molecule has 0 atom stereocenters. The van der Waals surface area contributed by atoms with E-state index >= 15 is 0 Å². The average Bonchev–Trinajstić information content (AvgIpc) is 3.11. The highest BCUT2D eigenvalue weighted by Crippen LogP contribution is 2.35. The molecule has 0 unspecified atom stereocenters. The van der Waals surface area contributed by atoms with Crippen LogP contribution in [0.5, 0.6) is 23.1 Å². The van der Waals surface area contributed by atoms with Crippen molar-refractivity contribution in [3.63, 3.8) is 0 Å². The Morgan fingerprint density at radius 3 is 2.55 bits per heavy atom. The molecule has 170 valence electrons. The lowest BCUT2D eigenvalue weighted by atomic mass is 10.2. The number of aromatic nitrogens is 4. The fourth-order valence-electron chi connectivity index (χ4n) is 3.10. The Hall–Kier alpha value is -4.05. The van der Waals surface area contributed by atoms with E-state index in [4.69, 9.17) is 25.8 Å². The first-order valence-electron chi connectivity index (χ1n) is 9.79. The maximum atomic E-state index is 12.8. The molecule has 4 aromatic rings. The predicted molar refractivity (Wildman–Crippen MR) is 122 cm³/mol. The summed E-state index contributed by atoms with van der Waals surface area (Å²) in [4.78, 5) is 29.6. The number of rotatable bonds is 7. The molecule has 1 N–H and O–H groups in total. The van der Waals surface area contributed by atoms with Gasteiger partial charge in [-0.1, -0.05) is 29.3 Å². The molecule has 2 heterocycles. The zero-order chi connectivity index (χ0) is 23.5. The third-order valence-corrected chi connectivity index (χ3v) is 5.04. The van der Waals surface area contributed by atoms with Crippen LogP contribution < -0.4 is 25.2 Å². The Labute approximate surface area is 193 Å². The summed E-state index contributed by atoms with van der Waals surface area (Å²) in [6.07, 6.45) is 2.88. The topological polar surface area (TPSA) is 109 Å². The zero-order valence-electron chi connectivity index (χ0n) is 18.0. The second-order valence-corrected chi connectivity index (χ2v) is 7.42. The number of aryl methyl sites for hydroxylation is 1. The van der Waals surface area contributed by atoms with E-state index in [1.165, 1.54) is 37.1 Å². The van der Waals surface area contributed by atoms with Gasteiger partial charge in [0.15, 0.2) is 0 Å². The van der Waals surface area contributed by atoms with Crippen molar-refractivity contribution in [3.8, 4) is 23.1 Å². The summed E-state index contributed by atoms with van der Waals surface area (Å²) in [7, 11) is 2.92. The number of anilines is 1. The van der Waals surface area contributed by atoms with Crippen molar-refractivity contribution in [2.45, 2.75) is 13.5 Å². The van der Waals surface area contributed by atoms with Gasteiger partial charge >= 0.3 is 5.69 Å². The summed E-state index contributed by atoms with van der Waals surface area (Å²) in [5.74, 6) is 0.932. The molecule has 10 nitrogen and oxygen atoms in total. The minimum Gasteiger partial charge on any atom is -0.495 e. The molecule has 0 saturated heterocycles. The van der Waals surface area contributed by atoms with E-state index in [0.29, 0.717) is 28.0 Å². The van der Waals surface area contributed by atoms with Gasteiger partial charge in [0, 0.05) is 18.5 Å². The van der Waals surface area contributed by atoms with Gasteiger partial charge in [0.05, 0.1) is 24.9 Å². The van der Waals surface area contributed by atoms with E-state index in [0.717, 1.165) is 10.2 Å². The maximum absolute atomic E-state index is 12.8. The molecule has 0 fully saturated rings. The second-order valence-electron chi connectivity index (χ2n) is 7.02. The van der Waals surface area contributed by atoms with Gasteiger partial charge in [-0.3, -0.25) is 4.79 Å². The molecule has 0 radical (unpaired) electrons. The number of amides is 1. The molecule has 2 aromatic carbocycles. The summed E-state index contributed by atoms with van der Waals surface area (Å²) in [6, 6.07) is 10.4. The molecule has 0 aliphatic rings. The second kappa shape index (κ2) is 9.21. The Morgan fingerprint density at radius 2 is 1.85 bits per heavy atom. The molecular weight excluding hydrogens is 450 g/mol. The number of benzene rings is 2. The first-order valence-corrected chi connectivity index (χ1v) is 10.2. The molecule has 0 aliphatic heterocycles. The fraction of sp³-hybridized carbons (Fsp3) is 0.182. The smallest absolute Gasteiger partial charge is 0.351 e. The number of hydrogen-bond acceptors (Lipinski definition) is 7. The number of carbonyl (C=O) groups is 1. The van der Waals surface area contributed by atoms with Crippen LogP contribution in [0, 0.1) is 6.92 Å². The maximum Gasteiger partial charge on any atom is 0.351 e. The van der Waals surface area contributed by atoms with Crippen molar-refractivity contribution >= 4 is 28.8 Å². The third-order valence-electron chi connectivity index (χ3n) is 4.75. The van der Waals surface area contributed by atoms with Crippen molar-refractivity contribution < 1.29 is 19.0 Å². The zero-order valence-corrected chi connectivity index (χ0v) is 18.8. The molecule has 2 aromatic heterocycles. The lowest BCUT2D eigenvalue weighted by Crippen LogP contribution is -2.28. The van der Waals surface area contributed by atoms with Crippen LogP contribution in [0.1, 0.15) is 5.56 Å². The third kappa shape index (κ3) is 4.60. The molecule has 1 amide bonds. The molecule has 0 aliphatic carbocycles. The Bertz CT molecular complexity index is 1380. The normalized spacial score (nSPS) is 10.8. The molecule has 11 heteroatoms. The number of hydrogen-bond donors (Lipinski definition) is 1. The lowest BCUT2D eigenvalue weighted by molar-refractivity contribution is -0.117. The number of ether oxygens (including phenoxy) is 3. The minimum absolute atomic E-state index is 0.140. The number of fused-ring (bicyclic) bond motifs is 1. The standard InChI is InChI=1S/C22H20ClN5O5/c1-13-4-6-14(7-5-13)33-21-20-26-28(22(30)27(20)9-8-24-21)12-19(29)25-16-10-15(23)17(31-2)11-18(16)32-3/h4-11H,12H2,1-3H3,(H,25,29). The Morgan fingerprint density at radius 1 is 1.12 bits per heavy atom. The monoisotopic (exact) mass is 469 g/mol. The van der Waals surface area contributed by atoms with Crippen molar-refractivity contribution in [2.24, 2.45) is 0 Å². The Balaban J connectivity index is 1.59. The quantitative estimate of drug-likeness (QED) is 0.442. The van der Waals surface area contributed by atoms with Crippen LogP contribution >= 0.6 is 11.6 Å². The number of nitrogens with one attached hydrogen (secondary N) is 1. The highest BCUT2D eigenvalue weighted by atomic mass is 35.5. The summed E-state index contributed by atoms with van der Waals surface area (Å²) in [5, 5.41) is 7.20. The van der Waals surface area contributed by atoms with Crippen LogP contribution in [-0.2, 0) is 11.3 Å². The van der Waals surface area contributed by atoms with E-state index in [9.17, 15) is 9.59 Å². The lowest BCUT2D eigenvalue weighted by Gasteiger charge is -2.12. The summed E-state index contributed by atoms with van der Waals surface area (Å²) in [6.45, 7) is 1.61. The van der Waals surface area contributed by atoms with Crippen LogP contribution in [0.15, 0.2) is 53.6 Å². The summed E-state index contributed by atoms with van der Waals surface area (Å²) >= 11 is 6.15. The van der Waals surface area contributed by atoms with Crippen LogP contribution in [0.4, 0.5) is 5.69 Å². The van der Waals surface area contributed by atoms with Crippen LogP contribution in [-0.4, -0.2) is 39.3 Å². The van der Waals surface area contributed by atoms with E-state index in [-0.39, 0.29) is 18.1 Å². The van der Waals surface area contributed by atoms with E-state index in [2.05, 4.69) is 15.4 Å². The van der Waals surface area contributed by atoms with Crippen molar-refractivity contribution in [2.75, 3.05) is 19.5 Å². The van der Waals surface area contributed by atoms with Crippen LogP contribution in [0.3, 0.4) is 0 Å². The van der Waals surface area contributed by atoms with E-state index < -0.39 is 11.6 Å². The first-order chi connectivity index (χ1) is 15.9. The highest BCUT2D eigenvalue weighted by Gasteiger charge is 2.17. The predicted octanol–water partition coefficient (Wildman–Crippen LogP) is 3.30. The highest BCUT2D eigenvalue weighted by molar-refractivity contribution is 6.32. The number of nitrogens with zero attached hydrogens (tertiary/aromatic N) is 4. The molecule has 0 spiro atoms. The number of carbonyl (C=O) groups excluding carboxylic acids is 1. The molecule has 0 bridgehead atoms. The first kappa shape index (κ1) is 22.2.